The van der Waals surface area contributed by atoms with E-state index in [0.29, 0.717) is 5.56 Å². The van der Waals surface area contributed by atoms with Crippen LogP contribution < -0.4 is 5.32 Å². The lowest BCUT2D eigenvalue weighted by atomic mass is 9.97. The van der Waals surface area contributed by atoms with E-state index in [-0.39, 0.29) is 17.6 Å². The Kier molecular flexibility index (Phi) is 4.88. The zero-order chi connectivity index (χ0) is 15.2. The van der Waals surface area contributed by atoms with Crippen molar-refractivity contribution in [2.45, 2.75) is 19.9 Å². The first-order valence-corrected chi connectivity index (χ1v) is 7.04. The van der Waals surface area contributed by atoms with Crippen LogP contribution in [-0.4, -0.2) is 11.7 Å². The quantitative estimate of drug-likeness (QED) is 0.854. The minimum atomic E-state index is -0.650. The number of carbonyl (C=O) groups excluding carboxylic acids is 2. The van der Waals surface area contributed by atoms with Crippen LogP contribution in [0.1, 0.15) is 35.8 Å². The standard InChI is InChI=1S/C18H19NO2/c1-13(2)18(21)19-16(14-9-5-3-6-10-14)17(20)15-11-7-4-8-12-15/h3-13,16H,1-2H3,(H,19,21). The molecule has 3 heteroatoms. The molecule has 0 spiro atoms. The average Bonchev–Trinajstić information content (AvgIpc) is 2.53. The van der Waals surface area contributed by atoms with Crippen molar-refractivity contribution >= 4 is 11.7 Å². The van der Waals surface area contributed by atoms with Gasteiger partial charge >= 0.3 is 0 Å². The SMILES string of the molecule is CC(C)C(=O)NC(C(=O)c1ccccc1)c1ccccc1. The molecule has 0 aliphatic carbocycles. The van der Waals surface area contributed by atoms with Gasteiger partial charge in [-0.1, -0.05) is 74.5 Å². The van der Waals surface area contributed by atoms with Gasteiger partial charge in [-0.2, -0.15) is 0 Å². The van der Waals surface area contributed by atoms with Crippen LogP contribution in [0, 0.1) is 5.92 Å². The summed E-state index contributed by atoms with van der Waals surface area (Å²) in [5, 5.41) is 2.84. The van der Waals surface area contributed by atoms with E-state index in [1.54, 1.807) is 12.1 Å². The molecule has 108 valence electrons. The predicted molar refractivity (Wildman–Crippen MR) is 82.9 cm³/mol. The number of carbonyl (C=O) groups is 2. The van der Waals surface area contributed by atoms with Crippen molar-refractivity contribution in [3.8, 4) is 0 Å². The Bertz CT molecular complexity index is 606. The smallest absolute Gasteiger partial charge is 0.223 e. The summed E-state index contributed by atoms with van der Waals surface area (Å²) in [6.45, 7) is 3.62. The van der Waals surface area contributed by atoms with Gasteiger partial charge in [-0.25, -0.2) is 0 Å². The van der Waals surface area contributed by atoms with Gasteiger partial charge in [-0.3, -0.25) is 9.59 Å². The van der Waals surface area contributed by atoms with Crippen LogP contribution in [-0.2, 0) is 4.79 Å². The number of hydrogen-bond acceptors (Lipinski definition) is 2. The summed E-state index contributed by atoms with van der Waals surface area (Å²) in [5.74, 6) is -0.399. The highest BCUT2D eigenvalue weighted by molar-refractivity contribution is 6.02. The zero-order valence-corrected chi connectivity index (χ0v) is 12.2. The second-order valence-corrected chi connectivity index (χ2v) is 5.24. The van der Waals surface area contributed by atoms with Crippen LogP contribution in [0.4, 0.5) is 0 Å². The lowest BCUT2D eigenvalue weighted by Crippen LogP contribution is -2.36. The van der Waals surface area contributed by atoms with Gasteiger partial charge in [0, 0.05) is 11.5 Å². The monoisotopic (exact) mass is 281 g/mol. The molecule has 2 aromatic carbocycles. The summed E-state index contributed by atoms with van der Waals surface area (Å²) >= 11 is 0. The molecule has 3 nitrogen and oxygen atoms in total. The maximum atomic E-state index is 12.7. The average molecular weight is 281 g/mol. The maximum absolute atomic E-state index is 12.7. The fraction of sp³-hybridized carbons (Fsp3) is 0.222. The number of hydrogen-bond donors (Lipinski definition) is 1. The Morgan fingerprint density at radius 3 is 1.90 bits per heavy atom. The van der Waals surface area contributed by atoms with Gasteiger partial charge in [0.15, 0.2) is 5.78 Å². The third-order valence-electron chi connectivity index (χ3n) is 3.26. The van der Waals surface area contributed by atoms with E-state index in [0.717, 1.165) is 5.56 Å². The summed E-state index contributed by atoms with van der Waals surface area (Å²) in [6, 6.07) is 17.7. The number of benzene rings is 2. The molecule has 0 saturated carbocycles. The third kappa shape index (κ3) is 3.78. The fourth-order valence-electron chi connectivity index (χ4n) is 2.02. The molecule has 1 atom stereocenters. The second-order valence-electron chi connectivity index (χ2n) is 5.24. The fourth-order valence-corrected chi connectivity index (χ4v) is 2.02. The molecule has 0 heterocycles. The molecule has 0 aromatic heterocycles. The van der Waals surface area contributed by atoms with Crippen LogP contribution >= 0.6 is 0 Å². The normalized spacial score (nSPS) is 12.0. The van der Waals surface area contributed by atoms with E-state index in [4.69, 9.17) is 0 Å². The summed E-state index contributed by atoms with van der Waals surface area (Å²) in [4.78, 5) is 24.7. The summed E-state index contributed by atoms with van der Waals surface area (Å²) in [6.07, 6.45) is 0. The Morgan fingerprint density at radius 2 is 1.38 bits per heavy atom. The third-order valence-corrected chi connectivity index (χ3v) is 3.26. The highest BCUT2D eigenvalue weighted by Gasteiger charge is 2.24. The second kappa shape index (κ2) is 6.84. The van der Waals surface area contributed by atoms with Crippen molar-refractivity contribution in [1.29, 1.82) is 0 Å². The summed E-state index contributed by atoms with van der Waals surface area (Å²) in [5.41, 5.74) is 1.38. The lowest BCUT2D eigenvalue weighted by molar-refractivity contribution is -0.124. The molecule has 0 saturated heterocycles. The largest absolute Gasteiger partial charge is 0.342 e. The van der Waals surface area contributed by atoms with Crippen LogP contribution in [0.5, 0.6) is 0 Å². The van der Waals surface area contributed by atoms with Crippen molar-refractivity contribution in [3.05, 3.63) is 71.8 Å². The van der Waals surface area contributed by atoms with E-state index in [1.165, 1.54) is 0 Å². The van der Waals surface area contributed by atoms with Gasteiger partial charge in [0.1, 0.15) is 6.04 Å². The Labute approximate surface area is 125 Å². The van der Waals surface area contributed by atoms with E-state index in [2.05, 4.69) is 5.32 Å². The van der Waals surface area contributed by atoms with E-state index >= 15 is 0 Å². The first-order chi connectivity index (χ1) is 10.1. The van der Waals surface area contributed by atoms with Gasteiger partial charge in [-0.05, 0) is 5.56 Å². The van der Waals surface area contributed by atoms with Crippen molar-refractivity contribution < 1.29 is 9.59 Å². The number of amides is 1. The molecule has 0 bridgehead atoms. The van der Waals surface area contributed by atoms with E-state index in [1.807, 2.05) is 62.4 Å². The topological polar surface area (TPSA) is 46.2 Å². The van der Waals surface area contributed by atoms with Crippen LogP contribution in [0.2, 0.25) is 0 Å². The van der Waals surface area contributed by atoms with Gasteiger partial charge in [-0.15, -0.1) is 0 Å². The molecule has 21 heavy (non-hydrogen) atoms. The highest BCUT2D eigenvalue weighted by atomic mass is 16.2. The highest BCUT2D eigenvalue weighted by Crippen LogP contribution is 2.19. The molecular weight excluding hydrogens is 262 g/mol. The van der Waals surface area contributed by atoms with E-state index in [9.17, 15) is 9.59 Å². The molecule has 2 aromatic rings. The molecule has 1 unspecified atom stereocenters. The van der Waals surface area contributed by atoms with Crippen molar-refractivity contribution in [2.75, 3.05) is 0 Å². The maximum Gasteiger partial charge on any atom is 0.223 e. The van der Waals surface area contributed by atoms with Gasteiger partial charge < -0.3 is 5.32 Å². The van der Waals surface area contributed by atoms with Crippen LogP contribution in [0.3, 0.4) is 0 Å². The molecule has 0 aliphatic heterocycles. The van der Waals surface area contributed by atoms with Crippen molar-refractivity contribution in [2.24, 2.45) is 5.92 Å². The molecule has 1 amide bonds. The molecule has 0 aliphatic rings. The Hall–Kier alpha value is -2.42. The molecular formula is C18H19NO2. The number of nitrogens with one attached hydrogen (secondary N) is 1. The zero-order valence-electron chi connectivity index (χ0n) is 12.2. The minimum absolute atomic E-state index is 0.101. The van der Waals surface area contributed by atoms with Crippen molar-refractivity contribution in [1.82, 2.24) is 5.32 Å². The molecule has 0 fully saturated rings. The number of rotatable bonds is 5. The van der Waals surface area contributed by atoms with Crippen molar-refractivity contribution in [3.63, 3.8) is 0 Å². The van der Waals surface area contributed by atoms with Gasteiger partial charge in [0.2, 0.25) is 5.91 Å². The Morgan fingerprint density at radius 1 is 0.857 bits per heavy atom. The first-order valence-electron chi connectivity index (χ1n) is 7.04. The molecule has 2 rings (SSSR count). The lowest BCUT2D eigenvalue weighted by Gasteiger charge is -2.19. The first kappa shape index (κ1) is 15.0. The Balaban J connectivity index is 2.32. The van der Waals surface area contributed by atoms with Crippen LogP contribution in [0.25, 0.3) is 0 Å². The number of Topliss-reactive ketones (excluding diaryl/α,β-unsaturated/α-hetero) is 1. The molecule has 0 radical (unpaired) electrons. The minimum Gasteiger partial charge on any atom is -0.342 e. The number of ketones is 1. The summed E-state index contributed by atoms with van der Waals surface area (Å²) in [7, 11) is 0. The van der Waals surface area contributed by atoms with Gasteiger partial charge in [0.25, 0.3) is 0 Å². The van der Waals surface area contributed by atoms with Gasteiger partial charge in [0.05, 0.1) is 0 Å². The predicted octanol–water partition coefficient (Wildman–Crippen LogP) is 3.38. The molecule has 1 N–H and O–H groups in total. The summed E-state index contributed by atoms with van der Waals surface area (Å²) < 4.78 is 0. The van der Waals surface area contributed by atoms with E-state index < -0.39 is 6.04 Å². The van der Waals surface area contributed by atoms with Crippen LogP contribution in [0.15, 0.2) is 60.7 Å².